The Labute approximate surface area is 139 Å². The molecule has 1 heterocycles. The topological polar surface area (TPSA) is 0 Å². The molecule has 0 aliphatic carbocycles. The zero-order valence-electron chi connectivity index (χ0n) is 11.8. The van der Waals surface area contributed by atoms with Crippen LogP contribution in [0.15, 0.2) is 72.1 Å². The van der Waals surface area contributed by atoms with Gasteiger partial charge in [0.15, 0.2) is 0 Å². The molecular weight excluding hydrogens is 374 g/mol. The van der Waals surface area contributed by atoms with Crippen molar-refractivity contribution in [2.75, 3.05) is 6.16 Å². The van der Waals surface area contributed by atoms with Crippen molar-refractivity contribution in [3.05, 3.63) is 77.6 Å². The highest BCUT2D eigenvalue weighted by Gasteiger charge is 2.41. The van der Waals surface area contributed by atoms with Crippen LogP contribution in [-0.2, 0) is 6.16 Å². The molecule has 1 aliphatic rings. The van der Waals surface area contributed by atoms with E-state index in [0.29, 0.717) is 0 Å². The minimum atomic E-state index is -1.14. The number of halogens is 1. The maximum Gasteiger partial charge on any atom is 0.0989 e. The molecule has 0 saturated carbocycles. The molecule has 0 aromatic heterocycles. The smallest absolute Gasteiger partial charge is 0.0989 e. The van der Waals surface area contributed by atoms with Crippen LogP contribution >= 0.6 is 7.26 Å². The van der Waals surface area contributed by atoms with Crippen molar-refractivity contribution in [1.29, 1.82) is 0 Å². The molecule has 2 aromatic carbocycles. The Morgan fingerprint density at radius 2 is 1.50 bits per heavy atom. The number of benzene rings is 2. The molecule has 0 amide bonds. The van der Waals surface area contributed by atoms with Gasteiger partial charge in [-0.15, -0.1) is 0 Å². The van der Waals surface area contributed by atoms with Gasteiger partial charge in [0.05, 0.1) is 30.7 Å². The first-order valence-electron chi connectivity index (χ1n) is 6.93. The van der Waals surface area contributed by atoms with Crippen molar-refractivity contribution in [3.8, 4) is 0 Å². The van der Waals surface area contributed by atoms with Crippen LogP contribution in [0.4, 0.5) is 0 Å². The Balaban J connectivity index is 0.00000147. The molecule has 104 valence electrons. The summed E-state index contributed by atoms with van der Waals surface area (Å²) in [6.07, 6.45) is 3.84. The zero-order chi connectivity index (χ0) is 13.1. The van der Waals surface area contributed by atoms with Crippen LogP contribution in [0.1, 0.15) is 18.9 Å². The summed E-state index contributed by atoms with van der Waals surface area (Å²) in [6, 6.07) is 22.1. The molecule has 3 rings (SSSR count). The van der Waals surface area contributed by atoms with Gasteiger partial charge in [0, 0.05) is 6.42 Å². The van der Waals surface area contributed by atoms with E-state index in [1.54, 1.807) is 10.9 Å². The van der Waals surface area contributed by atoms with E-state index in [1.165, 1.54) is 24.3 Å². The van der Waals surface area contributed by atoms with Crippen LogP contribution in [0.3, 0.4) is 0 Å². The van der Waals surface area contributed by atoms with E-state index >= 15 is 0 Å². The fraction of sp³-hybridized carbons (Fsp3) is 0.222. The maximum atomic E-state index is 2.61. The highest BCUT2D eigenvalue weighted by atomic mass is 127. The van der Waals surface area contributed by atoms with Crippen LogP contribution in [0, 0.1) is 0 Å². The predicted octanol–water partition coefficient (Wildman–Crippen LogP) is 1.84. The SMILES string of the molecule is CC1=C[P+](Cc2ccccc2)(c2ccccc2)CC1.[I-]. The average Bonchev–Trinajstić information content (AvgIpc) is 2.83. The summed E-state index contributed by atoms with van der Waals surface area (Å²) in [4.78, 5) is 0. The lowest BCUT2D eigenvalue weighted by Gasteiger charge is -2.20. The molecule has 2 aromatic rings. The Morgan fingerprint density at radius 1 is 0.900 bits per heavy atom. The van der Waals surface area contributed by atoms with E-state index in [9.17, 15) is 0 Å². The van der Waals surface area contributed by atoms with Crippen LogP contribution in [0.2, 0.25) is 0 Å². The Kier molecular flexibility index (Phi) is 5.40. The van der Waals surface area contributed by atoms with Crippen molar-refractivity contribution >= 4 is 12.6 Å². The van der Waals surface area contributed by atoms with E-state index in [4.69, 9.17) is 0 Å². The minimum Gasteiger partial charge on any atom is -1.00 e. The van der Waals surface area contributed by atoms with Gasteiger partial charge < -0.3 is 24.0 Å². The van der Waals surface area contributed by atoms with Gasteiger partial charge in [-0.25, -0.2) is 0 Å². The highest BCUT2D eigenvalue weighted by molar-refractivity contribution is 7.85. The largest absolute Gasteiger partial charge is 1.00 e. The summed E-state index contributed by atoms with van der Waals surface area (Å²) in [5.41, 5.74) is 3.05. The van der Waals surface area contributed by atoms with Gasteiger partial charge >= 0.3 is 0 Å². The first kappa shape index (κ1) is 15.7. The van der Waals surface area contributed by atoms with Gasteiger partial charge in [-0.2, -0.15) is 0 Å². The van der Waals surface area contributed by atoms with E-state index in [2.05, 4.69) is 73.4 Å². The van der Waals surface area contributed by atoms with Gasteiger partial charge in [0.1, 0.15) is 0 Å². The molecule has 1 aliphatic heterocycles. The number of hydrogen-bond donors (Lipinski definition) is 0. The summed E-state index contributed by atoms with van der Waals surface area (Å²) in [5, 5.41) is 1.57. The lowest BCUT2D eigenvalue weighted by Crippen LogP contribution is -3.00. The van der Waals surface area contributed by atoms with Crippen LogP contribution < -0.4 is 29.3 Å². The maximum absolute atomic E-state index is 2.61. The second-order valence-corrected chi connectivity index (χ2v) is 9.07. The lowest BCUT2D eigenvalue weighted by molar-refractivity contribution is -0.00000391. The average molecular weight is 394 g/mol. The summed E-state index contributed by atoms with van der Waals surface area (Å²) in [6.45, 7) is 2.29. The monoisotopic (exact) mass is 394 g/mol. The predicted molar refractivity (Wildman–Crippen MR) is 86.4 cm³/mol. The van der Waals surface area contributed by atoms with Crippen molar-refractivity contribution < 1.29 is 24.0 Å². The van der Waals surface area contributed by atoms with Gasteiger partial charge in [-0.05, 0) is 30.2 Å². The van der Waals surface area contributed by atoms with E-state index in [-0.39, 0.29) is 24.0 Å². The molecule has 0 nitrogen and oxygen atoms in total. The lowest BCUT2D eigenvalue weighted by atomic mass is 10.2. The number of allylic oxidation sites excluding steroid dienone is 1. The standard InChI is InChI=1S/C18H20P.HI/c1-16-12-13-19(14-16,18-10-6-3-7-11-18)15-17-8-4-2-5-9-17;/h2-11,14H,12-13,15H2,1H3;1H/q+1;/p-1. The van der Waals surface area contributed by atoms with Gasteiger partial charge in [0.25, 0.3) is 0 Å². The first-order valence-corrected chi connectivity index (χ1v) is 9.16. The molecule has 0 radical (unpaired) electrons. The van der Waals surface area contributed by atoms with Crippen molar-refractivity contribution in [2.24, 2.45) is 0 Å². The summed E-state index contributed by atoms with van der Waals surface area (Å²) in [5.74, 6) is 2.61. The summed E-state index contributed by atoms with van der Waals surface area (Å²) < 4.78 is 0. The molecule has 2 heteroatoms. The molecule has 0 saturated heterocycles. The Morgan fingerprint density at radius 3 is 2.05 bits per heavy atom. The molecule has 0 bridgehead atoms. The molecular formula is C18H20IP. The van der Waals surface area contributed by atoms with Crippen molar-refractivity contribution in [2.45, 2.75) is 19.5 Å². The molecule has 0 spiro atoms. The third-order valence-corrected chi connectivity index (χ3v) is 8.16. The fourth-order valence-corrected chi connectivity index (χ4v) is 7.30. The Hall–Kier alpha value is -0.660. The van der Waals surface area contributed by atoms with E-state index < -0.39 is 7.26 Å². The molecule has 20 heavy (non-hydrogen) atoms. The van der Waals surface area contributed by atoms with E-state index in [1.807, 2.05) is 0 Å². The summed E-state index contributed by atoms with van der Waals surface area (Å²) in [7, 11) is -1.14. The molecule has 0 N–H and O–H groups in total. The molecule has 0 fully saturated rings. The summed E-state index contributed by atoms with van der Waals surface area (Å²) >= 11 is 0. The van der Waals surface area contributed by atoms with Gasteiger partial charge in [-0.3, -0.25) is 0 Å². The third kappa shape index (κ3) is 3.32. The van der Waals surface area contributed by atoms with Crippen LogP contribution in [-0.4, -0.2) is 6.16 Å². The Bertz CT molecular complexity index is 577. The number of hydrogen-bond acceptors (Lipinski definition) is 0. The van der Waals surface area contributed by atoms with Crippen molar-refractivity contribution in [3.63, 3.8) is 0 Å². The number of rotatable bonds is 3. The fourth-order valence-electron chi connectivity index (χ4n) is 2.98. The second-order valence-electron chi connectivity index (χ2n) is 5.46. The van der Waals surface area contributed by atoms with Gasteiger partial charge in [0.2, 0.25) is 0 Å². The first-order chi connectivity index (χ1) is 9.28. The van der Waals surface area contributed by atoms with E-state index in [0.717, 1.165) is 0 Å². The second kappa shape index (κ2) is 6.87. The molecule has 1 unspecified atom stereocenters. The van der Waals surface area contributed by atoms with Crippen molar-refractivity contribution in [1.82, 2.24) is 0 Å². The minimum absolute atomic E-state index is 0. The van der Waals surface area contributed by atoms with Gasteiger partial charge in [-0.1, -0.05) is 48.5 Å². The third-order valence-electron chi connectivity index (χ3n) is 3.95. The van der Waals surface area contributed by atoms with Crippen LogP contribution in [0.25, 0.3) is 0 Å². The highest BCUT2D eigenvalue weighted by Crippen LogP contribution is 2.66. The van der Waals surface area contributed by atoms with Crippen LogP contribution in [0.5, 0.6) is 0 Å². The normalized spacial score (nSPS) is 21.1. The quantitative estimate of drug-likeness (QED) is 0.551. The zero-order valence-corrected chi connectivity index (χ0v) is 14.8. The molecule has 1 atom stereocenters.